The summed E-state index contributed by atoms with van der Waals surface area (Å²) >= 11 is 0. The molecule has 1 saturated carbocycles. The molecule has 0 aliphatic heterocycles. The van der Waals surface area contributed by atoms with Crippen LogP contribution in [0.15, 0.2) is 48.5 Å². The SMILES string of the molecule is CCCCCCCCC#Cc1ccc(C#Cc2ccc([C@H]3CC[C@H](CCCCCC)CC3)cc2)cc1. The maximum Gasteiger partial charge on any atom is 0.0249 e. The standard InChI is InChI=1S/C36H48/c1-3-5-7-9-10-11-12-14-16-31-17-19-33(20-18-31)21-22-34-25-29-36(30-26-34)35-27-23-32(24-28-35)15-13-8-6-4-2/h17-20,25-26,29-30,32,35H,3-13,15,23-24,27-28H2,1-2H3/t32-,35-. The molecule has 0 aromatic heterocycles. The molecule has 0 atom stereocenters. The van der Waals surface area contributed by atoms with Crippen LogP contribution >= 0.6 is 0 Å². The first-order valence-corrected chi connectivity index (χ1v) is 15.0. The van der Waals surface area contributed by atoms with Gasteiger partial charge >= 0.3 is 0 Å². The summed E-state index contributed by atoms with van der Waals surface area (Å²) in [4.78, 5) is 0. The molecule has 192 valence electrons. The summed E-state index contributed by atoms with van der Waals surface area (Å²) in [6, 6.07) is 17.4. The van der Waals surface area contributed by atoms with Crippen LogP contribution in [0.2, 0.25) is 0 Å². The highest BCUT2D eigenvalue weighted by molar-refractivity contribution is 5.46. The summed E-state index contributed by atoms with van der Waals surface area (Å²) < 4.78 is 0. The molecular formula is C36H48. The highest BCUT2D eigenvalue weighted by Gasteiger charge is 2.21. The zero-order valence-electron chi connectivity index (χ0n) is 23.1. The van der Waals surface area contributed by atoms with Gasteiger partial charge in [-0.15, -0.1) is 0 Å². The number of benzene rings is 2. The predicted molar refractivity (Wildman–Crippen MR) is 157 cm³/mol. The number of unbranched alkanes of at least 4 members (excludes halogenated alkanes) is 9. The maximum absolute atomic E-state index is 3.35. The van der Waals surface area contributed by atoms with Crippen LogP contribution in [-0.4, -0.2) is 0 Å². The van der Waals surface area contributed by atoms with Crippen molar-refractivity contribution in [2.45, 2.75) is 122 Å². The summed E-state index contributed by atoms with van der Waals surface area (Å²) in [6.45, 7) is 4.56. The van der Waals surface area contributed by atoms with Crippen LogP contribution in [0, 0.1) is 29.6 Å². The molecule has 0 radical (unpaired) electrons. The van der Waals surface area contributed by atoms with E-state index in [1.165, 1.54) is 102 Å². The first-order valence-electron chi connectivity index (χ1n) is 15.0. The van der Waals surface area contributed by atoms with Gasteiger partial charge in [0.1, 0.15) is 0 Å². The second-order valence-electron chi connectivity index (χ2n) is 10.8. The van der Waals surface area contributed by atoms with Gasteiger partial charge in [0.15, 0.2) is 0 Å². The fraction of sp³-hybridized carbons (Fsp3) is 0.556. The third-order valence-corrected chi connectivity index (χ3v) is 7.82. The Morgan fingerprint density at radius 2 is 1.06 bits per heavy atom. The summed E-state index contributed by atoms with van der Waals surface area (Å²) in [6.07, 6.45) is 21.6. The molecule has 1 fully saturated rings. The highest BCUT2D eigenvalue weighted by Crippen LogP contribution is 2.37. The third-order valence-electron chi connectivity index (χ3n) is 7.82. The van der Waals surface area contributed by atoms with Crippen LogP contribution in [-0.2, 0) is 0 Å². The average Bonchev–Trinajstić information content (AvgIpc) is 2.93. The van der Waals surface area contributed by atoms with Gasteiger partial charge in [0, 0.05) is 23.1 Å². The van der Waals surface area contributed by atoms with Crippen molar-refractivity contribution >= 4 is 0 Å². The molecule has 0 heterocycles. The molecule has 0 amide bonds. The molecule has 0 nitrogen and oxygen atoms in total. The Balaban J connectivity index is 1.40. The van der Waals surface area contributed by atoms with E-state index in [1.54, 1.807) is 0 Å². The van der Waals surface area contributed by atoms with Crippen molar-refractivity contribution in [2.75, 3.05) is 0 Å². The predicted octanol–water partition coefficient (Wildman–Crippen LogP) is 10.4. The Morgan fingerprint density at radius 3 is 1.67 bits per heavy atom. The molecule has 1 aliphatic carbocycles. The van der Waals surface area contributed by atoms with Crippen LogP contribution < -0.4 is 0 Å². The lowest BCUT2D eigenvalue weighted by Gasteiger charge is -2.29. The van der Waals surface area contributed by atoms with Gasteiger partial charge in [-0.3, -0.25) is 0 Å². The Morgan fingerprint density at radius 1 is 0.556 bits per heavy atom. The summed E-state index contributed by atoms with van der Waals surface area (Å²) in [5.41, 5.74) is 4.75. The second-order valence-corrected chi connectivity index (χ2v) is 10.8. The van der Waals surface area contributed by atoms with Gasteiger partial charge in [-0.25, -0.2) is 0 Å². The molecule has 36 heavy (non-hydrogen) atoms. The van der Waals surface area contributed by atoms with E-state index in [-0.39, 0.29) is 0 Å². The molecule has 0 N–H and O–H groups in total. The van der Waals surface area contributed by atoms with Gasteiger partial charge in [0.05, 0.1) is 0 Å². The summed E-state index contributed by atoms with van der Waals surface area (Å²) in [5.74, 6) is 15.0. The molecule has 0 spiro atoms. The normalized spacial score (nSPS) is 17.1. The van der Waals surface area contributed by atoms with Crippen LogP contribution in [0.25, 0.3) is 0 Å². The molecule has 1 aliphatic rings. The molecule has 2 aromatic rings. The van der Waals surface area contributed by atoms with Crippen molar-refractivity contribution < 1.29 is 0 Å². The molecule has 0 saturated heterocycles. The maximum atomic E-state index is 3.35. The van der Waals surface area contributed by atoms with Crippen molar-refractivity contribution in [3.8, 4) is 23.7 Å². The Bertz CT molecular complexity index is 963. The van der Waals surface area contributed by atoms with E-state index in [9.17, 15) is 0 Å². The fourth-order valence-electron chi connectivity index (χ4n) is 5.42. The van der Waals surface area contributed by atoms with Crippen molar-refractivity contribution in [3.05, 3.63) is 70.8 Å². The lowest BCUT2D eigenvalue weighted by atomic mass is 9.77. The summed E-state index contributed by atoms with van der Waals surface area (Å²) in [5, 5.41) is 0. The van der Waals surface area contributed by atoms with E-state index in [4.69, 9.17) is 0 Å². The largest absolute Gasteiger partial charge is 0.0979 e. The van der Waals surface area contributed by atoms with E-state index in [1.807, 2.05) is 0 Å². The second kappa shape index (κ2) is 17.1. The lowest BCUT2D eigenvalue weighted by molar-refractivity contribution is 0.302. The van der Waals surface area contributed by atoms with Gasteiger partial charge in [0.2, 0.25) is 0 Å². The lowest BCUT2D eigenvalue weighted by Crippen LogP contribution is -2.13. The summed E-state index contributed by atoms with van der Waals surface area (Å²) in [7, 11) is 0. The van der Waals surface area contributed by atoms with Crippen molar-refractivity contribution in [1.29, 1.82) is 0 Å². The number of hydrogen-bond donors (Lipinski definition) is 0. The van der Waals surface area contributed by atoms with E-state index in [2.05, 4.69) is 86.1 Å². The minimum atomic E-state index is 0.744. The van der Waals surface area contributed by atoms with Crippen molar-refractivity contribution in [2.24, 2.45) is 5.92 Å². The molecule has 3 rings (SSSR count). The molecule has 0 bridgehead atoms. The minimum Gasteiger partial charge on any atom is -0.0979 e. The molecule has 2 aromatic carbocycles. The van der Waals surface area contributed by atoms with Crippen molar-refractivity contribution in [1.82, 2.24) is 0 Å². The number of hydrogen-bond acceptors (Lipinski definition) is 0. The first-order chi connectivity index (χ1) is 17.8. The molecular weight excluding hydrogens is 432 g/mol. The topological polar surface area (TPSA) is 0 Å². The Kier molecular flexibility index (Phi) is 13.4. The fourth-order valence-corrected chi connectivity index (χ4v) is 5.42. The first kappa shape index (κ1) is 28.1. The van der Waals surface area contributed by atoms with E-state index in [0.29, 0.717) is 0 Å². The van der Waals surface area contributed by atoms with Gasteiger partial charge in [-0.2, -0.15) is 0 Å². The van der Waals surface area contributed by atoms with E-state index in [0.717, 1.165) is 34.9 Å². The Hall–Kier alpha value is -2.44. The van der Waals surface area contributed by atoms with Crippen LogP contribution in [0.5, 0.6) is 0 Å². The third kappa shape index (κ3) is 10.7. The van der Waals surface area contributed by atoms with Crippen LogP contribution in [0.3, 0.4) is 0 Å². The Labute approximate surface area is 222 Å². The zero-order valence-corrected chi connectivity index (χ0v) is 23.1. The quantitative estimate of drug-likeness (QED) is 0.209. The molecule has 0 unspecified atom stereocenters. The smallest absolute Gasteiger partial charge is 0.0249 e. The highest BCUT2D eigenvalue weighted by atomic mass is 14.3. The van der Waals surface area contributed by atoms with Gasteiger partial charge in [-0.1, -0.05) is 114 Å². The monoisotopic (exact) mass is 480 g/mol. The minimum absolute atomic E-state index is 0.744. The molecule has 0 heteroatoms. The number of rotatable bonds is 12. The van der Waals surface area contributed by atoms with E-state index < -0.39 is 0 Å². The van der Waals surface area contributed by atoms with Gasteiger partial charge in [-0.05, 0) is 85.9 Å². The zero-order chi connectivity index (χ0) is 25.3. The van der Waals surface area contributed by atoms with Gasteiger partial charge in [0.25, 0.3) is 0 Å². The van der Waals surface area contributed by atoms with Crippen molar-refractivity contribution in [3.63, 3.8) is 0 Å². The average molecular weight is 481 g/mol. The van der Waals surface area contributed by atoms with Crippen LogP contribution in [0.4, 0.5) is 0 Å². The van der Waals surface area contributed by atoms with Crippen LogP contribution in [0.1, 0.15) is 145 Å². The van der Waals surface area contributed by atoms with Gasteiger partial charge < -0.3 is 0 Å². The van der Waals surface area contributed by atoms with E-state index >= 15 is 0 Å².